The predicted octanol–water partition coefficient (Wildman–Crippen LogP) is 2.13. The van der Waals surface area contributed by atoms with Gasteiger partial charge in [-0.2, -0.15) is 0 Å². The maximum atomic E-state index is 11.6. The van der Waals surface area contributed by atoms with E-state index in [-0.39, 0.29) is 6.61 Å². The van der Waals surface area contributed by atoms with Crippen molar-refractivity contribution in [1.82, 2.24) is 5.32 Å². The third-order valence-corrected chi connectivity index (χ3v) is 3.37. The first-order chi connectivity index (χ1) is 11.9. The highest BCUT2D eigenvalue weighted by Gasteiger charge is 2.06. The second-order valence-corrected chi connectivity index (χ2v) is 5.69. The van der Waals surface area contributed by atoms with Gasteiger partial charge in [0.2, 0.25) is 0 Å². The van der Waals surface area contributed by atoms with E-state index in [0.29, 0.717) is 18.9 Å². The van der Waals surface area contributed by atoms with Crippen LogP contribution >= 0.6 is 0 Å². The van der Waals surface area contributed by atoms with E-state index >= 15 is 0 Å². The summed E-state index contributed by atoms with van der Waals surface area (Å²) in [5.41, 5.74) is 2.40. The van der Waals surface area contributed by atoms with Crippen LogP contribution in [0.15, 0.2) is 36.4 Å². The van der Waals surface area contributed by atoms with E-state index in [0.717, 1.165) is 17.7 Å². The van der Waals surface area contributed by atoms with Gasteiger partial charge in [-0.1, -0.05) is 38.1 Å². The van der Waals surface area contributed by atoms with Crippen LogP contribution in [0.4, 0.5) is 0 Å². The first kappa shape index (κ1) is 20.4. The van der Waals surface area contributed by atoms with Gasteiger partial charge in [-0.05, 0) is 30.4 Å². The molecule has 1 N–H and O–H groups in total. The normalized spacial score (nSPS) is 10.7. The standard InChI is InChI=1S/C19H25NO5/c1-4-24-18(22)9-10-19(23)25-13-17(21)20-12-11-15-5-7-16(8-6-15)14(2)3/h5-10,14H,4,11-13H2,1-3H3,(H,20,21)/b10-9+. The van der Waals surface area contributed by atoms with Crippen molar-refractivity contribution in [2.24, 2.45) is 0 Å². The lowest BCUT2D eigenvalue weighted by atomic mass is 10.0. The molecule has 0 saturated carbocycles. The van der Waals surface area contributed by atoms with Crippen molar-refractivity contribution in [1.29, 1.82) is 0 Å². The van der Waals surface area contributed by atoms with Crippen LogP contribution in [0, 0.1) is 0 Å². The average Bonchev–Trinajstić information content (AvgIpc) is 2.59. The molecule has 0 aliphatic heterocycles. The summed E-state index contributed by atoms with van der Waals surface area (Å²) in [7, 11) is 0. The van der Waals surface area contributed by atoms with Crippen LogP contribution in [0.2, 0.25) is 0 Å². The van der Waals surface area contributed by atoms with E-state index in [4.69, 9.17) is 4.74 Å². The molecule has 6 heteroatoms. The molecule has 0 aliphatic carbocycles. The highest BCUT2D eigenvalue weighted by molar-refractivity contribution is 5.92. The maximum absolute atomic E-state index is 11.6. The van der Waals surface area contributed by atoms with Crippen LogP contribution in [0.5, 0.6) is 0 Å². The van der Waals surface area contributed by atoms with Gasteiger partial charge in [0.1, 0.15) is 0 Å². The third kappa shape index (κ3) is 8.69. The summed E-state index contributed by atoms with van der Waals surface area (Å²) in [6, 6.07) is 8.25. The fraction of sp³-hybridized carbons (Fsp3) is 0.421. The minimum absolute atomic E-state index is 0.223. The molecule has 0 aromatic heterocycles. The number of hydrogen-bond donors (Lipinski definition) is 1. The second kappa shape index (κ2) is 11.0. The Kier molecular flexibility index (Phi) is 9.00. The van der Waals surface area contributed by atoms with Crippen molar-refractivity contribution in [2.75, 3.05) is 19.8 Å². The molecule has 1 aromatic rings. The molecule has 1 aromatic carbocycles. The Hall–Kier alpha value is -2.63. The summed E-state index contributed by atoms with van der Waals surface area (Å²) in [4.78, 5) is 34.0. The summed E-state index contributed by atoms with van der Waals surface area (Å²) in [6.45, 7) is 6.22. The smallest absolute Gasteiger partial charge is 0.331 e. The Balaban J connectivity index is 2.24. The molecule has 0 atom stereocenters. The van der Waals surface area contributed by atoms with Crippen LogP contribution in [0.3, 0.4) is 0 Å². The Morgan fingerprint density at radius 3 is 2.20 bits per heavy atom. The molecule has 0 radical (unpaired) electrons. The van der Waals surface area contributed by atoms with Gasteiger partial charge in [0.25, 0.3) is 5.91 Å². The van der Waals surface area contributed by atoms with Crippen molar-refractivity contribution >= 4 is 17.8 Å². The number of esters is 2. The van der Waals surface area contributed by atoms with Crippen molar-refractivity contribution in [3.8, 4) is 0 Å². The monoisotopic (exact) mass is 347 g/mol. The molecule has 0 fully saturated rings. The zero-order chi connectivity index (χ0) is 18.7. The number of rotatable bonds is 9. The Morgan fingerprint density at radius 2 is 1.64 bits per heavy atom. The fourth-order valence-electron chi connectivity index (χ4n) is 1.98. The number of amides is 1. The lowest BCUT2D eigenvalue weighted by Gasteiger charge is -2.08. The highest BCUT2D eigenvalue weighted by Crippen LogP contribution is 2.14. The van der Waals surface area contributed by atoms with Gasteiger partial charge < -0.3 is 14.8 Å². The minimum atomic E-state index is -0.771. The van der Waals surface area contributed by atoms with Crippen LogP contribution in [0.1, 0.15) is 37.8 Å². The second-order valence-electron chi connectivity index (χ2n) is 5.69. The molecule has 1 amide bonds. The van der Waals surface area contributed by atoms with Gasteiger partial charge in [-0.3, -0.25) is 4.79 Å². The molecule has 0 bridgehead atoms. The number of hydrogen-bond acceptors (Lipinski definition) is 5. The van der Waals surface area contributed by atoms with Gasteiger partial charge in [0.05, 0.1) is 6.61 Å². The topological polar surface area (TPSA) is 81.7 Å². The highest BCUT2D eigenvalue weighted by atomic mass is 16.5. The van der Waals surface area contributed by atoms with E-state index in [1.165, 1.54) is 5.56 Å². The van der Waals surface area contributed by atoms with Crippen molar-refractivity contribution in [3.63, 3.8) is 0 Å². The lowest BCUT2D eigenvalue weighted by molar-refractivity contribution is -0.144. The van der Waals surface area contributed by atoms with E-state index in [1.54, 1.807) is 6.92 Å². The quantitative estimate of drug-likeness (QED) is 0.547. The summed E-state index contributed by atoms with van der Waals surface area (Å²) in [5, 5.41) is 2.68. The molecule has 0 heterocycles. The molecule has 6 nitrogen and oxygen atoms in total. The van der Waals surface area contributed by atoms with Crippen molar-refractivity contribution in [3.05, 3.63) is 47.5 Å². The van der Waals surface area contributed by atoms with Crippen LogP contribution < -0.4 is 5.32 Å². The van der Waals surface area contributed by atoms with Crippen LogP contribution in [0.25, 0.3) is 0 Å². The van der Waals surface area contributed by atoms with Crippen LogP contribution in [-0.2, 0) is 30.3 Å². The lowest BCUT2D eigenvalue weighted by Crippen LogP contribution is -2.30. The maximum Gasteiger partial charge on any atom is 0.331 e. The molecule has 0 spiro atoms. The number of carbonyl (C=O) groups excluding carboxylic acids is 3. The molecule has 0 unspecified atom stereocenters. The third-order valence-electron chi connectivity index (χ3n) is 3.37. The average molecular weight is 347 g/mol. The summed E-state index contributed by atoms with van der Waals surface area (Å²) >= 11 is 0. The molecule has 25 heavy (non-hydrogen) atoms. The minimum Gasteiger partial charge on any atom is -0.463 e. The zero-order valence-electron chi connectivity index (χ0n) is 14.9. The van der Waals surface area contributed by atoms with E-state index in [9.17, 15) is 14.4 Å². The Morgan fingerprint density at radius 1 is 1.04 bits per heavy atom. The predicted molar refractivity (Wildman–Crippen MR) is 94.0 cm³/mol. The van der Waals surface area contributed by atoms with E-state index in [1.807, 2.05) is 12.1 Å². The van der Waals surface area contributed by atoms with E-state index in [2.05, 4.69) is 36.0 Å². The Bertz CT molecular complexity index is 605. The molecular formula is C19H25NO5. The number of carbonyl (C=O) groups is 3. The first-order valence-corrected chi connectivity index (χ1v) is 8.29. The fourth-order valence-corrected chi connectivity index (χ4v) is 1.98. The zero-order valence-corrected chi connectivity index (χ0v) is 14.9. The summed E-state index contributed by atoms with van der Waals surface area (Å²) in [5.74, 6) is -1.31. The van der Waals surface area contributed by atoms with Gasteiger partial charge in [0, 0.05) is 18.7 Å². The first-order valence-electron chi connectivity index (χ1n) is 8.29. The number of benzene rings is 1. The van der Waals surface area contributed by atoms with Gasteiger partial charge in [-0.15, -0.1) is 0 Å². The summed E-state index contributed by atoms with van der Waals surface area (Å²) in [6.07, 6.45) is 2.59. The number of ether oxygens (including phenoxy) is 2. The SMILES string of the molecule is CCOC(=O)/C=C/C(=O)OCC(=O)NCCc1ccc(C(C)C)cc1. The van der Waals surface area contributed by atoms with E-state index < -0.39 is 24.5 Å². The number of nitrogens with one attached hydrogen (secondary N) is 1. The van der Waals surface area contributed by atoms with Crippen molar-refractivity contribution < 1.29 is 23.9 Å². The Labute approximate surface area is 148 Å². The summed E-state index contributed by atoms with van der Waals surface area (Å²) < 4.78 is 9.35. The van der Waals surface area contributed by atoms with Gasteiger partial charge in [0.15, 0.2) is 6.61 Å². The van der Waals surface area contributed by atoms with Gasteiger partial charge in [-0.25, -0.2) is 9.59 Å². The molecule has 0 saturated heterocycles. The molecular weight excluding hydrogens is 322 g/mol. The van der Waals surface area contributed by atoms with Gasteiger partial charge >= 0.3 is 11.9 Å². The molecule has 136 valence electrons. The van der Waals surface area contributed by atoms with Crippen LogP contribution in [-0.4, -0.2) is 37.6 Å². The van der Waals surface area contributed by atoms with Crippen molar-refractivity contribution in [2.45, 2.75) is 33.1 Å². The molecule has 0 aliphatic rings. The largest absolute Gasteiger partial charge is 0.463 e. The molecule has 1 rings (SSSR count).